The Morgan fingerprint density at radius 2 is 1.75 bits per heavy atom. The molecular formula is C18H20N2O4. The van der Waals surface area contributed by atoms with Gasteiger partial charge in [0.2, 0.25) is 0 Å². The Morgan fingerprint density at radius 1 is 1.08 bits per heavy atom. The average molecular weight is 328 g/mol. The first-order chi connectivity index (χ1) is 11.4. The molecule has 2 aromatic rings. The van der Waals surface area contributed by atoms with Gasteiger partial charge < -0.3 is 4.74 Å². The third-order valence-electron chi connectivity index (χ3n) is 3.29. The molecule has 0 fully saturated rings. The highest BCUT2D eigenvalue weighted by atomic mass is 16.7. The molecule has 0 radical (unpaired) electrons. The Morgan fingerprint density at radius 3 is 2.33 bits per heavy atom. The van der Waals surface area contributed by atoms with Crippen LogP contribution in [-0.4, -0.2) is 42.2 Å². The van der Waals surface area contributed by atoms with Crippen LogP contribution in [0.25, 0.3) is 11.3 Å². The van der Waals surface area contributed by atoms with Crippen LogP contribution in [-0.2, 0) is 9.57 Å². The molecule has 1 heterocycles. The molecule has 2 rings (SSSR count). The molecule has 6 nitrogen and oxygen atoms in total. The summed E-state index contributed by atoms with van der Waals surface area (Å²) in [5.41, 5.74) is 2.18. The Labute approximate surface area is 141 Å². The molecule has 0 bridgehead atoms. The van der Waals surface area contributed by atoms with Gasteiger partial charge in [-0.1, -0.05) is 18.2 Å². The number of nitrogens with zero attached hydrogens (tertiary/aromatic N) is 2. The predicted molar refractivity (Wildman–Crippen MR) is 89.3 cm³/mol. The molecule has 6 heteroatoms. The number of benzene rings is 1. The lowest BCUT2D eigenvalue weighted by atomic mass is 10.1. The maximum Gasteiger partial charge on any atom is 0.357 e. The van der Waals surface area contributed by atoms with Crippen molar-refractivity contribution in [2.45, 2.75) is 20.0 Å². The molecule has 126 valence electrons. The number of rotatable bonds is 5. The first-order valence-electron chi connectivity index (χ1n) is 7.53. The van der Waals surface area contributed by atoms with Gasteiger partial charge in [0.25, 0.3) is 5.91 Å². The van der Waals surface area contributed by atoms with E-state index in [9.17, 15) is 9.59 Å². The molecule has 0 saturated heterocycles. The second kappa shape index (κ2) is 7.70. The van der Waals surface area contributed by atoms with Crippen molar-refractivity contribution in [1.29, 1.82) is 0 Å². The number of ether oxygens (including phenoxy) is 1. The monoisotopic (exact) mass is 328 g/mol. The van der Waals surface area contributed by atoms with Crippen LogP contribution in [0.2, 0.25) is 0 Å². The van der Waals surface area contributed by atoms with Crippen LogP contribution in [0.15, 0.2) is 42.5 Å². The quantitative estimate of drug-likeness (QED) is 0.623. The fourth-order valence-electron chi connectivity index (χ4n) is 2.03. The maximum absolute atomic E-state index is 12.0. The summed E-state index contributed by atoms with van der Waals surface area (Å²) in [4.78, 5) is 33.1. The van der Waals surface area contributed by atoms with Gasteiger partial charge in [0, 0.05) is 18.2 Å². The van der Waals surface area contributed by atoms with Crippen LogP contribution in [0.4, 0.5) is 0 Å². The molecule has 0 aliphatic heterocycles. The van der Waals surface area contributed by atoms with Gasteiger partial charge in [-0.2, -0.15) is 0 Å². The molecule has 1 aromatic heterocycles. The van der Waals surface area contributed by atoms with E-state index in [4.69, 9.17) is 9.57 Å². The van der Waals surface area contributed by atoms with Crippen molar-refractivity contribution in [3.05, 3.63) is 53.7 Å². The molecule has 0 saturated carbocycles. The first-order valence-corrected chi connectivity index (χ1v) is 7.53. The number of hydrogen-bond donors (Lipinski definition) is 0. The van der Waals surface area contributed by atoms with Crippen LogP contribution in [0.3, 0.4) is 0 Å². The molecule has 0 unspecified atom stereocenters. The smallest absolute Gasteiger partial charge is 0.357 e. The summed E-state index contributed by atoms with van der Waals surface area (Å²) in [6, 6.07) is 12.1. The highest BCUT2D eigenvalue weighted by Gasteiger charge is 2.13. The highest BCUT2D eigenvalue weighted by molar-refractivity contribution is 5.94. The molecule has 0 atom stereocenters. The van der Waals surface area contributed by atoms with Gasteiger partial charge in [0.1, 0.15) is 5.69 Å². The van der Waals surface area contributed by atoms with E-state index in [2.05, 4.69) is 4.98 Å². The summed E-state index contributed by atoms with van der Waals surface area (Å²) in [5, 5.41) is 1.15. The second-order valence-corrected chi connectivity index (χ2v) is 5.42. The molecule has 0 aliphatic carbocycles. The van der Waals surface area contributed by atoms with E-state index in [1.165, 1.54) is 7.11 Å². The molecule has 1 aromatic carbocycles. The Hall–Kier alpha value is -2.73. The fraction of sp³-hybridized carbons (Fsp3) is 0.278. The van der Waals surface area contributed by atoms with E-state index in [1.54, 1.807) is 63.4 Å². The Bertz CT molecular complexity index is 726. The van der Waals surface area contributed by atoms with Crippen LogP contribution in [0.1, 0.15) is 34.7 Å². The summed E-state index contributed by atoms with van der Waals surface area (Å²) >= 11 is 0. The third kappa shape index (κ3) is 4.17. The van der Waals surface area contributed by atoms with Crippen LogP contribution < -0.4 is 0 Å². The Kier molecular flexibility index (Phi) is 5.65. The van der Waals surface area contributed by atoms with Crippen LogP contribution in [0.5, 0.6) is 0 Å². The van der Waals surface area contributed by atoms with Gasteiger partial charge in [-0.05, 0) is 38.1 Å². The summed E-state index contributed by atoms with van der Waals surface area (Å²) < 4.78 is 5.15. The minimum Gasteiger partial charge on any atom is -0.458 e. The molecule has 0 N–H and O–H groups in total. The number of hydroxylamine groups is 2. The van der Waals surface area contributed by atoms with Crippen LogP contribution in [0, 0.1) is 0 Å². The number of carbonyl (C=O) groups excluding carboxylic acids is 2. The zero-order chi connectivity index (χ0) is 17.7. The standard InChI is InChI=1S/C18H20N2O4/c1-12(2)24-18(22)16-7-5-6-15(19-16)13-8-10-14(11-9-13)17(21)20(3)23-4/h5-12H,1-4H3. The largest absolute Gasteiger partial charge is 0.458 e. The number of esters is 1. The number of hydrogen-bond acceptors (Lipinski definition) is 5. The van der Waals surface area contributed by atoms with Crippen molar-refractivity contribution < 1.29 is 19.2 Å². The normalized spacial score (nSPS) is 10.5. The number of carbonyl (C=O) groups is 2. The van der Waals surface area contributed by atoms with Gasteiger partial charge >= 0.3 is 5.97 Å². The van der Waals surface area contributed by atoms with Crippen molar-refractivity contribution in [2.75, 3.05) is 14.2 Å². The highest BCUT2D eigenvalue weighted by Crippen LogP contribution is 2.19. The van der Waals surface area contributed by atoms with E-state index in [0.29, 0.717) is 11.3 Å². The zero-order valence-electron chi connectivity index (χ0n) is 14.1. The van der Waals surface area contributed by atoms with Crippen molar-refractivity contribution in [3.8, 4) is 11.3 Å². The van der Waals surface area contributed by atoms with Gasteiger partial charge in [-0.3, -0.25) is 9.63 Å². The van der Waals surface area contributed by atoms with Crippen molar-refractivity contribution in [3.63, 3.8) is 0 Å². The van der Waals surface area contributed by atoms with E-state index in [-0.39, 0.29) is 17.7 Å². The second-order valence-electron chi connectivity index (χ2n) is 5.42. The van der Waals surface area contributed by atoms with E-state index >= 15 is 0 Å². The summed E-state index contributed by atoms with van der Waals surface area (Å²) in [5.74, 6) is -0.702. The Balaban J connectivity index is 2.23. The van der Waals surface area contributed by atoms with Crippen molar-refractivity contribution in [2.24, 2.45) is 0 Å². The molecule has 0 aliphatic rings. The number of pyridine rings is 1. The average Bonchev–Trinajstić information content (AvgIpc) is 2.60. The van der Waals surface area contributed by atoms with Gasteiger partial charge in [-0.25, -0.2) is 14.8 Å². The zero-order valence-corrected chi connectivity index (χ0v) is 14.1. The summed E-state index contributed by atoms with van der Waals surface area (Å²) in [7, 11) is 2.97. The molecule has 1 amide bonds. The minimum atomic E-state index is -0.458. The van der Waals surface area contributed by atoms with E-state index < -0.39 is 5.97 Å². The fourth-order valence-corrected chi connectivity index (χ4v) is 2.03. The lowest BCUT2D eigenvalue weighted by Gasteiger charge is -2.13. The molecule has 0 spiro atoms. The number of aromatic nitrogens is 1. The lowest BCUT2D eigenvalue weighted by Crippen LogP contribution is -2.25. The minimum absolute atomic E-state index is 0.203. The SMILES string of the molecule is CON(C)C(=O)c1ccc(-c2cccc(C(=O)OC(C)C)n2)cc1. The van der Waals surface area contributed by atoms with Gasteiger partial charge in [0.15, 0.2) is 0 Å². The molecular weight excluding hydrogens is 308 g/mol. The van der Waals surface area contributed by atoms with Gasteiger partial charge in [0.05, 0.1) is 18.9 Å². The lowest BCUT2D eigenvalue weighted by molar-refractivity contribution is -0.0756. The van der Waals surface area contributed by atoms with Crippen molar-refractivity contribution in [1.82, 2.24) is 10.0 Å². The van der Waals surface area contributed by atoms with Crippen molar-refractivity contribution >= 4 is 11.9 Å². The molecule has 24 heavy (non-hydrogen) atoms. The summed E-state index contributed by atoms with van der Waals surface area (Å²) in [6.07, 6.45) is -0.203. The van der Waals surface area contributed by atoms with Gasteiger partial charge in [-0.15, -0.1) is 0 Å². The predicted octanol–water partition coefficient (Wildman–Crippen LogP) is 2.95. The first kappa shape index (κ1) is 17.6. The topological polar surface area (TPSA) is 68.7 Å². The van der Waals surface area contributed by atoms with E-state index in [1.807, 2.05) is 0 Å². The number of amides is 1. The maximum atomic E-state index is 12.0. The van der Waals surface area contributed by atoms with Crippen LogP contribution >= 0.6 is 0 Å². The summed E-state index contributed by atoms with van der Waals surface area (Å²) in [6.45, 7) is 3.57. The third-order valence-corrected chi connectivity index (χ3v) is 3.29. The van der Waals surface area contributed by atoms with E-state index in [0.717, 1.165) is 10.6 Å².